The predicted octanol–water partition coefficient (Wildman–Crippen LogP) is 5.66. The van der Waals surface area contributed by atoms with Gasteiger partial charge in [-0.2, -0.15) is 0 Å². The largest absolute Gasteiger partial charge is 0.494 e. The van der Waals surface area contributed by atoms with E-state index in [1.165, 1.54) is 12.8 Å². The van der Waals surface area contributed by atoms with Gasteiger partial charge in [0.05, 0.1) is 18.2 Å². The van der Waals surface area contributed by atoms with E-state index in [0.717, 1.165) is 66.6 Å². The molecule has 3 aliphatic rings. The number of aliphatic hydroxyl groups is 1. The van der Waals surface area contributed by atoms with Crippen molar-refractivity contribution in [3.8, 4) is 5.75 Å². The average Bonchev–Trinajstić information content (AvgIpc) is 2.72. The van der Waals surface area contributed by atoms with Crippen LogP contribution < -0.4 is 4.74 Å². The number of piperidine rings is 3. The monoisotopic (exact) mass is 454 g/mol. The van der Waals surface area contributed by atoms with Crippen LogP contribution >= 0.6 is 24.8 Å². The molecular weight excluding hydrogens is 419 g/mol. The van der Waals surface area contributed by atoms with E-state index in [0.29, 0.717) is 5.92 Å². The van der Waals surface area contributed by atoms with Gasteiger partial charge in [0.15, 0.2) is 0 Å². The molecule has 0 aliphatic carbocycles. The van der Waals surface area contributed by atoms with E-state index in [9.17, 15) is 5.11 Å². The number of benzene rings is 1. The molecule has 0 spiro atoms. The van der Waals surface area contributed by atoms with Crippen LogP contribution in [0.5, 0.6) is 5.75 Å². The van der Waals surface area contributed by atoms with E-state index in [4.69, 9.17) is 4.74 Å². The Bertz CT molecular complexity index is 817. The second-order valence-electron chi connectivity index (χ2n) is 9.07. The van der Waals surface area contributed by atoms with Gasteiger partial charge >= 0.3 is 0 Å². The molecule has 1 aromatic carbocycles. The lowest BCUT2D eigenvalue weighted by atomic mass is 9.72. The quantitative estimate of drug-likeness (QED) is 0.586. The maximum atomic E-state index is 11.4. The molecule has 0 amide bonds. The van der Waals surface area contributed by atoms with Gasteiger partial charge in [-0.05, 0) is 73.4 Å². The van der Waals surface area contributed by atoms with Gasteiger partial charge in [-0.3, -0.25) is 9.88 Å². The summed E-state index contributed by atoms with van der Waals surface area (Å²) in [6, 6.07) is 8.27. The third-order valence-corrected chi connectivity index (χ3v) is 6.85. The van der Waals surface area contributed by atoms with E-state index in [-0.39, 0.29) is 30.9 Å². The third kappa shape index (κ3) is 5.21. The Balaban J connectivity index is 0.00000160. The third-order valence-electron chi connectivity index (χ3n) is 6.85. The standard InChI is InChI=1S/C24H34N2O2.2ClH/c1-4-17-15-26-11-8-18(17)13-23(26)24(27)20-7-10-25-22-6-5-19(14-21(20)22)28-12-9-16(2)3;;/h5-7,10,14,16-18,23-24,27H,4,8-9,11-13,15H2,1-3H3;2*1H/t17?,18?,23?,24-;;/m1../s1. The smallest absolute Gasteiger partial charge is 0.120 e. The van der Waals surface area contributed by atoms with E-state index in [2.05, 4.69) is 36.7 Å². The Kier molecular flexibility index (Phi) is 9.23. The van der Waals surface area contributed by atoms with Crippen LogP contribution in [0.2, 0.25) is 0 Å². The minimum atomic E-state index is -0.475. The van der Waals surface area contributed by atoms with Gasteiger partial charge in [-0.1, -0.05) is 27.2 Å². The molecule has 0 radical (unpaired) electrons. The molecule has 1 aromatic heterocycles. The first-order chi connectivity index (χ1) is 13.6. The SMILES string of the molecule is CCC1CN2CCC1CC2[C@H](O)c1ccnc2ccc(OCCC(C)C)cc12.Cl.Cl. The molecule has 6 heteroatoms. The van der Waals surface area contributed by atoms with Crippen molar-refractivity contribution in [1.82, 2.24) is 9.88 Å². The Morgan fingerprint density at radius 3 is 2.70 bits per heavy atom. The first-order valence-electron chi connectivity index (χ1n) is 11.0. The topological polar surface area (TPSA) is 45.6 Å². The predicted molar refractivity (Wildman–Crippen MR) is 128 cm³/mol. The van der Waals surface area contributed by atoms with Crippen LogP contribution in [-0.4, -0.2) is 40.7 Å². The van der Waals surface area contributed by atoms with Crippen LogP contribution in [0.4, 0.5) is 0 Å². The summed E-state index contributed by atoms with van der Waals surface area (Å²) in [5, 5.41) is 12.4. The van der Waals surface area contributed by atoms with E-state index in [1.54, 1.807) is 0 Å². The average molecular weight is 455 g/mol. The van der Waals surface area contributed by atoms with Crippen LogP contribution in [0.3, 0.4) is 0 Å². The maximum Gasteiger partial charge on any atom is 0.120 e. The first kappa shape index (κ1) is 25.2. The molecule has 5 rings (SSSR count). The summed E-state index contributed by atoms with van der Waals surface area (Å²) in [6.45, 7) is 9.69. The molecule has 3 saturated heterocycles. The summed E-state index contributed by atoms with van der Waals surface area (Å²) >= 11 is 0. The molecule has 4 heterocycles. The fourth-order valence-electron chi connectivity index (χ4n) is 5.08. The van der Waals surface area contributed by atoms with E-state index >= 15 is 0 Å². The molecule has 30 heavy (non-hydrogen) atoms. The molecule has 3 fully saturated rings. The maximum absolute atomic E-state index is 11.4. The second-order valence-corrected chi connectivity index (χ2v) is 9.07. The molecular formula is C24H36Cl2N2O2. The number of pyridine rings is 1. The lowest BCUT2D eigenvalue weighted by molar-refractivity contribution is -0.0562. The Morgan fingerprint density at radius 2 is 2.03 bits per heavy atom. The Morgan fingerprint density at radius 1 is 1.23 bits per heavy atom. The number of nitrogens with zero attached hydrogens (tertiary/aromatic N) is 2. The lowest BCUT2D eigenvalue weighted by Crippen LogP contribution is -2.55. The van der Waals surface area contributed by atoms with Crippen molar-refractivity contribution in [2.45, 2.75) is 58.6 Å². The van der Waals surface area contributed by atoms with Gasteiger partial charge in [0.25, 0.3) is 0 Å². The number of ether oxygens (including phenoxy) is 1. The summed E-state index contributed by atoms with van der Waals surface area (Å²) in [5.74, 6) is 3.05. The van der Waals surface area contributed by atoms with Gasteiger partial charge < -0.3 is 9.84 Å². The van der Waals surface area contributed by atoms with Crippen molar-refractivity contribution in [3.05, 3.63) is 36.0 Å². The molecule has 2 aromatic rings. The molecule has 0 saturated carbocycles. The molecule has 2 bridgehead atoms. The summed E-state index contributed by atoms with van der Waals surface area (Å²) in [6.07, 6.45) is 6.03. The van der Waals surface area contributed by atoms with Crippen molar-refractivity contribution >= 4 is 35.7 Å². The summed E-state index contributed by atoms with van der Waals surface area (Å²) in [7, 11) is 0. The Labute approximate surface area is 193 Å². The number of hydrogen-bond donors (Lipinski definition) is 1. The first-order valence-corrected chi connectivity index (χ1v) is 11.0. The molecule has 1 N–H and O–H groups in total. The zero-order chi connectivity index (χ0) is 19.7. The number of fused-ring (bicyclic) bond motifs is 4. The van der Waals surface area contributed by atoms with Gasteiger partial charge in [0.1, 0.15) is 5.75 Å². The van der Waals surface area contributed by atoms with Crippen molar-refractivity contribution in [2.75, 3.05) is 19.7 Å². The summed E-state index contributed by atoms with van der Waals surface area (Å²) in [4.78, 5) is 7.03. The zero-order valence-electron chi connectivity index (χ0n) is 18.3. The van der Waals surface area contributed by atoms with Gasteiger partial charge in [-0.15, -0.1) is 24.8 Å². The number of aliphatic hydroxyl groups excluding tert-OH is 1. The number of halogens is 2. The van der Waals surface area contributed by atoms with Gasteiger partial charge in [0.2, 0.25) is 0 Å². The van der Waals surface area contributed by atoms with Crippen molar-refractivity contribution in [3.63, 3.8) is 0 Å². The zero-order valence-corrected chi connectivity index (χ0v) is 19.9. The highest BCUT2D eigenvalue weighted by molar-refractivity contribution is 5.85. The number of rotatable bonds is 7. The minimum absolute atomic E-state index is 0. The van der Waals surface area contributed by atoms with Crippen LogP contribution in [0.25, 0.3) is 10.9 Å². The van der Waals surface area contributed by atoms with Crippen molar-refractivity contribution in [2.24, 2.45) is 17.8 Å². The van der Waals surface area contributed by atoms with E-state index < -0.39 is 6.10 Å². The molecule has 3 aliphatic heterocycles. The second kappa shape index (κ2) is 11.0. The highest BCUT2D eigenvalue weighted by Crippen LogP contribution is 2.42. The molecule has 4 nitrogen and oxygen atoms in total. The minimum Gasteiger partial charge on any atom is -0.494 e. The van der Waals surface area contributed by atoms with Crippen LogP contribution in [0.1, 0.15) is 58.1 Å². The summed E-state index contributed by atoms with van der Waals surface area (Å²) < 4.78 is 5.96. The lowest BCUT2D eigenvalue weighted by Gasteiger charge is -2.51. The van der Waals surface area contributed by atoms with Gasteiger partial charge in [-0.25, -0.2) is 0 Å². The van der Waals surface area contributed by atoms with E-state index in [1.807, 2.05) is 24.4 Å². The fourth-order valence-corrected chi connectivity index (χ4v) is 5.08. The highest BCUT2D eigenvalue weighted by atomic mass is 35.5. The summed E-state index contributed by atoms with van der Waals surface area (Å²) in [5.41, 5.74) is 1.92. The van der Waals surface area contributed by atoms with Crippen LogP contribution in [-0.2, 0) is 0 Å². The van der Waals surface area contributed by atoms with Gasteiger partial charge in [0, 0.05) is 24.2 Å². The normalized spacial score (nSPS) is 26.2. The molecule has 168 valence electrons. The molecule has 5 atom stereocenters. The highest BCUT2D eigenvalue weighted by Gasteiger charge is 2.42. The van der Waals surface area contributed by atoms with Crippen molar-refractivity contribution < 1.29 is 9.84 Å². The van der Waals surface area contributed by atoms with Crippen LogP contribution in [0.15, 0.2) is 30.5 Å². The molecule has 4 unspecified atom stereocenters. The Hall–Kier alpha value is -1.07. The van der Waals surface area contributed by atoms with Crippen molar-refractivity contribution in [1.29, 1.82) is 0 Å². The number of aromatic nitrogens is 1. The van der Waals surface area contributed by atoms with Crippen LogP contribution in [0, 0.1) is 17.8 Å². The number of hydrogen-bond acceptors (Lipinski definition) is 4. The fraction of sp³-hybridized carbons (Fsp3) is 0.625.